The Hall–Kier alpha value is -1.39. The fourth-order valence-corrected chi connectivity index (χ4v) is 5.25. The maximum absolute atomic E-state index is 12.6. The van der Waals surface area contributed by atoms with Crippen LogP contribution in [0, 0.1) is 23.7 Å². The average Bonchev–Trinajstić information content (AvgIpc) is 2.83. The third-order valence-corrected chi connectivity index (χ3v) is 8.22. The first kappa shape index (κ1) is 34.6. The molecule has 0 fully saturated rings. The van der Waals surface area contributed by atoms with Crippen LogP contribution < -0.4 is 5.32 Å². The van der Waals surface area contributed by atoms with Crippen molar-refractivity contribution in [1.82, 2.24) is 10.2 Å². The van der Waals surface area contributed by atoms with Crippen LogP contribution in [0.3, 0.4) is 0 Å². The van der Waals surface area contributed by atoms with Gasteiger partial charge >= 0.3 is 0 Å². The van der Waals surface area contributed by atoms with E-state index in [4.69, 9.17) is 0 Å². The van der Waals surface area contributed by atoms with Crippen molar-refractivity contribution in [3.8, 4) is 0 Å². The number of likely N-dealkylation sites (N-methyl/N-ethyl adjacent to an activating group) is 2. The Bertz CT molecular complexity index is 741. The van der Waals surface area contributed by atoms with Crippen LogP contribution in [-0.2, 0) is 6.42 Å². The number of nitrogens with zero attached hydrogens (tertiary/aromatic N) is 2. The molecule has 1 aromatic carbocycles. The minimum absolute atomic E-state index is 0.0381. The number of carbonyl (C=O) groups excluding carboxylic acids is 1. The van der Waals surface area contributed by atoms with Gasteiger partial charge in [-0.3, -0.25) is 4.79 Å². The Morgan fingerprint density at radius 2 is 1.26 bits per heavy atom. The molecule has 4 nitrogen and oxygen atoms in total. The van der Waals surface area contributed by atoms with Crippen LogP contribution in [0.1, 0.15) is 108 Å². The van der Waals surface area contributed by atoms with Crippen molar-refractivity contribution < 1.29 is 9.28 Å². The highest BCUT2D eigenvalue weighted by Crippen LogP contribution is 2.23. The summed E-state index contributed by atoms with van der Waals surface area (Å²) in [5.41, 5.74) is 2.11. The Balaban J connectivity index is 2.24. The number of quaternary nitrogens is 1. The van der Waals surface area contributed by atoms with Gasteiger partial charge < -0.3 is 14.7 Å². The summed E-state index contributed by atoms with van der Waals surface area (Å²) >= 11 is 0. The van der Waals surface area contributed by atoms with Crippen LogP contribution in [-0.4, -0.2) is 69.7 Å². The van der Waals surface area contributed by atoms with E-state index in [2.05, 4.69) is 85.2 Å². The van der Waals surface area contributed by atoms with Gasteiger partial charge in [0.25, 0.3) is 5.91 Å². The fourth-order valence-electron chi connectivity index (χ4n) is 5.25. The van der Waals surface area contributed by atoms with Gasteiger partial charge in [-0.2, -0.15) is 0 Å². The number of carbonyl (C=O) groups is 1. The molecule has 0 saturated heterocycles. The first-order chi connectivity index (χ1) is 17.9. The summed E-state index contributed by atoms with van der Waals surface area (Å²) in [5, 5.41) is 3.11. The van der Waals surface area contributed by atoms with Crippen LogP contribution in [0.5, 0.6) is 0 Å². The molecule has 0 bridgehead atoms. The van der Waals surface area contributed by atoms with Crippen molar-refractivity contribution in [2.75, 3.05) is 54.4 Å². The molecule has 3 atom stereocenters. The molecule has 38 heavy (non-hydrogen) atoms. The molecule has 1 amide bonds. The van der Waals surface area contributed by atoms with Crippen LogP contribution in [0.25, 0.3) is 0 Å². The van der Waals surface area contributed by atoms with Gasteiger partial charge in [0.2, 0.25) is 0 Å². The second kappa shape index (κ2) is 18.8. The van der Waals surface area contributed by atoms with Crippen molar-refractivity contribution >= 4 is 5.91 Å². The van der Waals surface area contributed by atoms with Gasteiger partial charge in [-0.05, 0) is 61.9 Å². The van der Waals surface area contributed by atoms with Gasteiger partial charge in [-0.1, -0.05) is 105 Å². The zero-order chi connectivity index (χ0) is 28.6. The van der Waals surface area contributed by atoms with E-state index in [1.807, 2.05) is 12.1 Å². The van der Waals surface area contributed by atoms with E-state index in [1.165, 1.54) is 63.4 Å². The second-order valence-electron chi connectivity index (χ2n) is 13.8. The molecule has 4 heteroatoms. The molecule has 0 saturated carbocycles. The molecule has 3 unspecified atom stereocenters. The molecule has 0 aliphatic heterocycles. The van der Waals surface area contributed by atoms with Crippen LogP contribution in [0.4, 0.5) is 0 Å². The molecule has 1 N–H and O–H groups in total. The van der Waals surface area contributed by atoms with Crippen LogP contribution in [0.15, 0.2) is 24.3 Å². The number of amides is 1. The van der Waals surface area contributed by atoms with E-state index in [0.717, 1.165) is 53.9 Å². The molecular weight excluding hydrogens is 466 g/mol. The predicted molar refractivity (Wildman–Crippen MR) is 167 cm³/mol. The lowest BCUT2D eigenvalue weighted by Gasteiger charge is -2.31. The standard InChI is InChI=1S/C34H63N3O/c1-28(2)13-10-14-29(3)15-11-16-30(4)17-12-18-31(5)27-32-19-21-33(22-20-32)34(38)35-23-25-37(8,9)26-24-36(6)7/h19-22,28-31H,10-18,23-27H2,1-9H3/p+1. The smallest absolute Gasteiger partial charge is 0.251 e. The molecular formula is C34H64N3O+. The summed E-state index contributed by atoms with van der Waals surface area (Å²) < 4.78 is 0.909. The highest BCUT2D eigenvalue weighted by atomic mass is 16.1. The summed E-state index contributed by atoms with van der Waals surface area (Å²) in [5.74, 6) is 3.31. The van der Waals surface area contributed by atoms with Gasteiger partial charge in [0.1, 0.15) is 0 Å². The maximum Gasteiger partial charge on any atom is 0.251 e. The molecule has 1 rings (SSSR count). The molecule has 1 aromatic rings. The van der Waals surface area contributed by atoms with Crippen molar-refractivity contribution in [1.29, 1.82) is 0 Å². The molecule has 0 spiro atoms. The van der Waals surface area contributed by atoms with Gasteiger partial charge in [0.05, 0.1) is 33.7 Å². The third kappa shape index (κ3) is 17.2. The third-order valence-electron chi connectivity index (χ3n) is 8.22. The highest BCUT2D eigenvalue weighted by molar-refractivity contribution is 5.94. The zero-order valence-corrected chi connectivity index (χ0v) is 26.8. The normalized spacial score (nSPS) is 14.6. The number of rotatable bonds is 21. The van der Waals surface area contributed by atoms with Crippen molar-refractivity contribution in [2.45, 2.75) is 98.8 Å². The fraction of sp³-hybridized carbons (Fsp3) is 0.794. The lowest BCUT2D eigenvalue weighted by molar-refractivity contribution is -0.888. The average molecular weight is 531 g/mol. The Morgan fingerprint density at radius 1 is 0.763 bits per heavy atom. The molecule has 0 aromatic heterocycles. The molecule has 0 aliphatic carbocycles. The minimum Gasteiger partial charge on any atom is -0.346 e. The number of hydrogen-bond donors (Lipinski definition) is 1. The molecule has 220 valence electrons. The molecule has 0 heterocycles. The Labute approximate surface area is 237 Å². The van der Waals surface area contributed by atoms with E-state index in [9.17, 15) is 4.79 Å². The van der Waals surface area contributed by atoms with E-state index < -0.39 is 0 Å². The second-order valence-corrected chi connectivity index (χ2v) is 13.8. The monoisotopic (exact) mass is 531 g/mol. The summed E-state index contributed by atoms with van der Waals surface area (Å²) in [6.45, 7) is 15.7. The van der Waals surface area contributed by atoms with E-state index >= 15 is 0 Å². The van der Waals surface area contributed by atoms with Gasteiger partial charge in [-0.25, -0.2) is 0 Å². The first-order valence-electron chi connectivity index (χ1n) is 15.7. The van der Waals surface area contributed by atoms with Gasteiger partial charge in [0, 0.05) is 12.1 Å². The number of benzene rings is 1. The van der Waals surface area contributed by atoms with Crippen molar-refractivity contribution in [3.05, 3.63) is 35.4 Å². The Morgan fingerprint density at radius 3 is 1.76 bits per heavy atom. The van der Waals surface area contributed by atoms with Crippen molar-refractivity contribution in [2.24, 2.45) is 23.7 Å². The lowest BCUT2D eigenvalue weighted by atomic mass is 9.90. The predicted octanol–water partition coefficient (Wildman–Crippen LogP) is 7.67. The Kier molecular flexibility index (Phi) is 17.2. The topological polar surface area (TPSA) is 32.3 Å². The van der Waals surface area contributed by atoms with E-state index in [1.54, 1.807) is 0 Å². The number of hydrogen-bond acceptors (Lipinski definition) is 2. The SMILES string of the molecule is CC(C)CCCC(C)CCCC(C)CCCC(C)Cc1ccc(C(=O)NCC[N+](C)(C)CCN(C)C)cc1. The quantitative estimate of drug-likeness (QED) is 0.165. The summed E-state index contributed by atoms with van der Waals surface area (Å²) in [6.07, 6.45) is 13.5. The number of nitrogens with one attached hydrogen (secondary N) is 1. The summed E-state index contributed by atoms with van der Waals surface area (Å²) in [4.78, 5) is 14.8. The maximum atomic E-state index is 12.6. The summed E-state index contributed by atoms with van der Waals surface area (Å²) in [6, 6.07) is 8.28. The largest absolute Gasteiger partial charge is 0.346 e. The summed E-state index contributed by atoms with van der Waals surface area (Å²) in [7, 11) is 8.66. The van der Waals surface area contributed by atoms with E-state index in [-0.39, 0.29) is 5.91 Å². The van der Waals surface area contributed by atoms with Crippen molar-refractivity contribution in [3.63, 3.8) is 0 Å². The van der Waals surface area contributed by atoms with E-state index in [0.29, 0.717) is 12.5 Å². The molecule has 0 radical (unpaired) electrons. The first-order valence-corrected chi connectivity index (χ1v) is 15.7. The zero-order valence-electron chi connectivity index (χ0n) is 26.8. The van der Waals surface area contributed by atoms with Gasteiger partial charge in [-0.15, -0.1) is 0 Å². The van der Waals surface area contributed by atoms with Gasteiger partial charge in [0.15, 0.2) is 0 Å². The highest BCUT2D eigenvalue weighted by Gasteiger charge is 2.16. The van der Waals surface area contributed by atoms with Crippen LogP contribution in [0.2, 0.25) is 0 Å². The molecule has 0 aliphatic rings. The minimum atomic E-state index is 0.0381. The lowest BCUT2D eigenvalue weighted by Crippen LogP contribution is -2.48. The van der Waals surface area contributed by atoms with Crippen LogP contribution >= 0.6 is 0 Å².